The third kappa shape index (κ3) is 9.16. The molecule has 0 aromatic heterocycles. The molecule has 0 spiro atoms. The van der Waals surface area contributed by atoms with Crippen LogP contribution in [0.3, 0.4) is 0 Å². The van der Waals surface area contributed by atoms with E-state index in [1.807, 2.05) is 0 Å². The third-order valence-electron chi connectivity index (χ3n) is 2.94. The number of unbranched alkanes of at least 4 members (excludes halogenated alkanes) is 3. The summed E-state index contributed by atoms with van der Waals surface area (Å²) in [5, 5.41) is 3.00. The van der Waals surface area contributed by atoms with Gasteiger partial charge in [0.2, 0.25) is 5.91 Å². The Kier molecular flexibility index (Phi) is 9.14. The number of amides is 1. The summed E-state index contributed by atoms with van der Waals surface area (Å²) in [6, 6.07) is -0.106. The molecule has 3 nitrogen and oxygen atoms in total. The average molecular weight is 242 g/mol. The van der Waals surface area contributed by atoms with Crippen molar-refractivity contribution >= 4 is 5.91 Å². The van der Waals surface area contributed by atoms with Crippen LogP contribution in [0.1, 0.15) is 66.2 Å². The van der Waals surface area contributed by atoms with Gasteiger partial charge in [0.25, 0.3) is 0 Å². The highest BCUT2D eigenvalue weighted by Crippen LogP contribution is 2.06. The molecule has 0 aliphatic carbocycles. The van der Waals surface area contributed by atoms with E-state index in [0.29, 0.717) is 5.92 Å². The first-order valence-electron chi connectivity index (χ1n) is 7.03. The van der Waals surface area contributed by atoms with E-state index in [0.717, 1.165) is 12.8 Å². The topological polar surface area (TPSA) is 55.1 Å². The largest absolute Gasteiger partial charge is 0.352 e. The number of hydrogen-bond acceptors (Lipinski definition) is 2. The molecule has 0 aromatic carbocycles. The Morgan fingerprint density at radius 3 is 2.35 bits per heavy atom. The van der Waals surface area contributed by atoms with E-state index in [1.54, 1.807) is 0 Å². The lowest BCUT2D eigenvalue weighted by Crippen LogP contribution is -2.44. The number of rotatable bonds is 9. The van der Waals surface area contributed by atoms with Gasteiger partial charge in [0.1, 0.15) is 0 Å². The van der Waals surface area contributed by atoms with Gasteiger partial charge in [0, 0.05) is 6.04 Å². The van der Waals surface area contributed by atoms with Crippen LogP contribution >= 0.6 is 0 Å². The van der Waals surface area contributed by atoms with Crippen LogP contribution in [-0.4, -0.2) is 18.0 Å². The molecule has 1 amide bonds. The Morgan fingerprint density at radius 2 is 1.82 bits per heavy atom. The van der Waals surface area contributed by atoms with Crippen LogP contribution < -0.4 is 11.1 Å². The van der Waals surface area contributed by atoms with Crippen molar-refractivity contribution in [3.63, 3.8) is 0 Å². The Labute approximate surface area is 107 Å². The minimum Gasteiger partial charge on any atom is -0.352 e. The maximum absolute atomic E-state index is 11.7. The van der Waals surface area contributed by atoms with Gasteiger partial charge in [-0.25, -0.2) is 0 Å². The van der Waals surface area contributed by atoms with Crippen LogP contribution in [-0.2, 0) is 4.79 Å². The van der Waals surface area contributed by atoms with Crippen LogP contribution in [0, 0.1) is 5.92 Å². The summed E-state index contributed by atoms with van der Waals surface area (Å²) in [4.78, 5) is 11.7. The highest BCUT2D eigenvalue weighted by Gasteiger charge is 2.16. The lowest BCUT2D eigenvalue weighted by atomic mass is 10.0. The standard InChI is InChI=1S/C14H30N2O/c1-5-6-7-8-9-12(4)16-14(17)13(15)10-11(2)3/h11-13H,5-10,15H2,1-4H3,(H,16,17)/t12?,13-/m1/s1. The Morgan fingerprint density at radius 1 is 1.18 bits per heavy atom. The highest BCUT2D eigenvalue weighted by molar-refractivity contribution is 5.81. The molecule has 0 rings (SSSR count). The van der Waals surface area contributed by atoms with E-state index in [1.165, 1.54) is 25.7 Å². The Bertz CT molecular complexity index is 204. The maximum Gasteiger partial charge on any atom is 0.237 e. The summed E-state index contributed by atoms with van der Waals surface area (Å²) in [5.74, 6) is 0.470. The SMILES string of the molecule is CCCCCCC(C)NC(=O)[C@H](N)CC(C)C. The average Bonchev–Trinajstić information content (AvgIpc) is 2.23. The summed E-state index contributed by atoms with van der Waals surface area (Å²) in [6.07, 6.45) is 6.80. The molecule has 1 unspecified atom stereocenters. The predicted molar refractivity (Wildman–Crippen MR) is 73.8 cm³/mol. The van der Waals surface area contributed by atoms with Crippen molar-refractivity contribution in [1.29, 1.82) is 0 Å². The fraction of sp³-hybridized carbons (Fsp3) is 0.929. The number of nitrogens with two attached hydrogens (primary N) is 1. The summed E-state index contributed by atoms with van der Waals surface area (Å²) < 4.78 is 0. The molecule has 3 heteroatoms. The van der Waals surface area contributed by atoms with E-state index in [2.05, 4.69) is 33.0 Å². The van der Waals surface area contributed by atoms with Crippen LogP contribution in [0.2, 0.25) is 0 Å². The van der Waals surface area contributed by atoms with Gasteiger partial charge in [-0.3, -0.25) is 4.79 Å². The van der Waals surface area contributed by atoms with Crippen LogP contribution in [0.25, 0.3) is 0 Å². The second-order valence-electron chi connectivity index (χ2n) is 5.50. The van der Waals surface area contributed by atoms with E-state index >= 15 is 0 Å². The molecule has 0 fully saturated rings. The first-order chi connectivity index (χ1) is 7.97. The highest BCUT2D eigenvalue weighted by atomic mass is 16.2. The number of carbonyl (C=O) groups excluding carboxylic acids is 1. The second kappa shape index (κ2) is 9.46. The summed E-state index contributed by atoms with van der Waals surface area (Å²) in [5.41, 5.74) is 5.83. The lowest BCUT2D eigenvalue weighted by Gasteiger charge is -2.18. The summed E-state index contributed by atoms with van der Waals surface area (Å²) in [7, 11) is 0. The van der Waals surface area contributed by atoms with Crippen molar-refractivity contribution in [3.8, 4) is 0 Å². The number of hydrogen-bond donors (Lipinski definition) is 2. The third-order valence-corrected chi connectivity index (χ3v) is 2.94. The van der Waals surface area contributed by atoms with Crippen LogP contribution in [0.15, 0.2) is 0 Å². The molecule has 0 bridgehead atoms. The van der Waals surface area contributed by atoms with Gasteiger partial charge in [-0.05, 0) is 25.7 Å². The zero-order valence-corrected chi connectivity index (χ0v) is 12.0. The molecule has 0 saturated heterocycles. The van der Waals surface area contributed by atoms with E-state index in [9.17, 15) is 4.79 Å². The monoisotopic (exact) mass is 242 g/mol. The van der Waals surface area contributed by atoms with E-state index < -0.39 is 0 Å². The molecule has 0 aliphatic heterocycles. The van der Waals surface area contributed by atoms with Crippen LogP contribution in [0.5, 0.6) is 0 Å². The molecule has 0 radical (unpaired) electrons. The fourth-order valence-corrected chi connectivity index (χ4v) is 1.91. The smallest absolute Gasteiger partial charge is 0.237 e. The Hall–Kier alpha value is -0.570. The summed E-state index contributed by atoms with van der Waals surface area (Å²) in [6.45, 7) is 8.44. The quantitative estimate of drug-likeness (QED) is 0.611. The lowest BCUT2D eigenvalue weighted by molar-refractivity contribution is -0.123. The first-order valence-corrected chi connectivity index (χ1v) is 7.03. The van der Waals surface area contributed by atoms with E-state index in [4.69, 9.17) is 5.73 Å². The van der Waals surface area contributed by atoms with Crippen molar-refractivity contribution in [2.24, 2.45) is 11.7 Å². The molecule has 0 aromatic rings. The van der Waals surface area contributed by atoms with E-state index in [-0.39, 0.29) is 18.0 Å². The van der Waals surface area contributed by atoms with Gasteiger partial charge in [-0.15, -0.1) is 0 Å². The number of carbonyl (C=O) groups is 1. The van der Waals surface area contributed by atoms with Crippen molar-refractivity contribution in [3.05, 3.63) is 0 Å². The molecule has 17 heavy (non-hydrogen) atoms. The van der Waals surface area contributed by atoms with Gasteiger partial charge >= 0.3 is 0 Å². The van der Waals surface area contributed by atoms with Gasteiger partial charge in [0.15, 0.2) is 0 Å². The molecular weight excluding hydrogens is 212 g/mol. The normalized spacial score (nSPS) is 14.7. The van der Waals surface area contributed by atoms with Gasteiger partial charge in [-0.1, -0.05) is 46.5 Å². The van der Waals surface area contributed by atoms with Gasteiger partial charge in [0.05, 0.1) is 6.04 Å². The zero-order valence-electron chi connectivity index (χ0n) is 12.0. The Balaban J connectivity index is 3.71. The molecule has 102 valence electrons. The summed E-state index contributed by atoms with van der Waals surface area (Å²) >= 11 is 0. The predicted octanol–water partition coefficient (Wildman–Crippen LogP) is 2.83. The maximum atomic E-state index is 11.7. The number of nitrogens with one attached hydrogen (secondary N) is 1. The van der Waals surface area contributed by atoms with Gasteiger partial charge < -0.3 is 11.1 Å². The first kappa shape index (κ1) is 16.4. The van der Waals surface area contributed by atoms with Crippen molar-refractivity contribution in [2.75, 3.05) is 0 Å². The second-order valence-corrected chi connectivity index (χ2v) is 5.50. The van der Waals surface area contributed by atoms with Crippen LogP contribution in [0.4, 0.5) is 0 Å². The van der Waals surface area contributed by atoms with Crippen molar-refractivity contribution < 1.29 is 4.79 Å². The minimum atomic E-state index is -0.354. The van der Waals surface area contributed by atoms with Crippen molar-refractivity contribution in [1.82, 2.24) is 5.32 Å². The minimum absolute atomic E-state index is 0.00157. The molecule has 0 heterocycles. The molecule has 2 atom stereocenters. The van der Waals surface area contributed by atoms with Gasteiger partial charge in [-0.2, -0.15) is 0 Å². The molecule has 0 aliphatic rings. The molecule has 0 saturated carbocycles. The molecular formula is C14H30N2O. The van der Waals surface area contributed by atoms with Crippen molar-refractivity contribution in [2.45, 2.75) is 78.3 Å². The fourth-order valence-electron chi connectivity index (χ4n) is 1.91. The molecule has 3 N–H and O–H groups in total. The zero-order chi connectivity index (χ0) is 13.3.